The molecule has 246 valence electrons. The lowest BCUT2D eigenvalue weighted by Gasteiger charge is -2.29. The molecule has 2 heterocycles. The number of anilines is 4. The molecule has 2 N–H and O–H groups in total. The number of imide groups is 1. The summed E-state index contributed by atoms with van der Waals surface area (Å²) >= 11 is 0. The maximum absolute atomic E-state index is 14.7. The Kier molecular flexibility index (Phi) is 10.0. The van der Waals surface area contributed by atoms with Crippen molar-refractivity contribution in [3.63, 3.8) is 0 Å². The summed E-state index contributed by atoms with van der Waals surface area (Å²) in [5.41, 5.74) is 3.13. The standard InChI is InChI=1S/C19H15FN2O4.C16H16N2O4/c1-2-7-21-15-9-14(13(20)8-16(15)26-10-17(21)23)22-18(24)11-5-3-4-6-12(11)19(22)25;1-11-5-3-6-12(9-11)18-16(20)22-14-8-4-7-13(10-14)17-15(19)21-2/h1,8-9H,3-7,10H2;3-10H,1-2H3,(H,17,19)(H,18,20). The first-order chi connectivity index (χ1) is 23.1. The van der Waals surface area contributed by atoms with Crippen LogP contribution in [-0.4, -0.2) is 50.2 Å². The Morgan fingerprint density at radius 3 is 2.21 bits per heavy atom. The van der Waals surface area contributed by atoms with Gasteiger partial charge < -0.3 is 14.2 Å². The predicted molar refractivity (Wildman–Crippen MR) is 174 cm³/mol. The third kappa shape index (κ3) is 7.28. The van der Waals surface area contributed by atoms with Gasteiger partial charge in [0.05, 0.1) is 25.0 Å². The van der Waals surface area contributed by atoms with Crippen molar-refractivity contribution in [3.8, 4) is 23.8 Å². The molecule has 3 aliphatic rings. The second-order valence-electron chi connectivity index (χ2n) is 10.9. The van der Waals surface area contributed by atoms with Crippen molar-refractivity contribution < 1.29 is 42.6 Å². The molecule has 12 nitrogen and oxygen atoms in total. The number of amides is 5. The zero-order valence-corrected chi connectivity index (χ0v) is 26.1. The molecule has 3 aromatic rings. The van der Waals surface area contributed by atoms with Gasteiger partial charge in [-0.25, -0.2) is 18.9 Å². The number of methoxy groups -OCH3 is 1. The van der Waals surface area contributed by atoms with Crippen LogP contribution in [0.25, 0.3) is 0 Å². The number of carbonyl (C=O) groups excluding carboxylic acids is 5. The van der Waals surface area contributed by atoms with Crippen LogP contribution in [0.15, 0.2) is 71.8 Å². The molecule has 0 saturated heterocycles. The van der Waals surface area contributed by atoms with Crippen molar-refractivity contribution in [2.24, 2.45) is 0 Å². The summed E-state index contributed by atoms with van der Waals surface area (Å²) in [6.07, 6.45) is 6.81. The number of halogens is 1. The Labute approximate surface area is 275 Å². The molecule has 0 spiro atoms. The number of hydrogen-bond donors (Lipinski definition) is 2. The second kappa shape index (κ2) is 14.5. The lowest BCUT2D eigenvalue weighted by molar-refractivity contribution is -0.121. The molecule has 3 aromatic carbocycles. The fourth-order valence-electron chi connectivity index (χ4n) is 5.38. The molecule has 0 atom stereocenters. The molecule has 1 aliphatic carbocycles. The number of ether oxygens (including phenoxy) is 3. The van der Waals surface area contributed by atoms with E-state index in [1.807, 2.05) is 25.1 Å². The number of nitrogens with zero attached hydrogens (tertiary/aromatic N) is 2. The van der Waals surface area contributed by atoms with E-state index in [0.29, 0.717) is 41.1 Å². The van der Waals surface area contributed by atoms with Crippen molar-refractivity contribution in [2.75, 3.05) is 40.7 Å². The van der Waals surface area contributed by atoms with E-state index in [0.717, 1.165) is 29.4 Å². The molecular formula is C35H31FN4O8. The molecule has 0 radical (unpaired) electrons. The molecule has 2 aliphatic heterocycles. The van der Waals surface area contributed by atoms with Gasteiger partial charge in [-0.3, -0.25) is 29.9 Å². The van der Waals surface area contributed by atoms with Crippen LogP contribution in [0.1, 0.15) is 31.2 Å². The van der Waals surface area contributed by atoms with E-state index in [-0.39, 0.29) is 36.2 Å². The van der Waals surface area contributed by atoms with E-state index < -0.39 is 29.8 Å². The normalized spacial score (nSPS) is 14.9. The number of carbonyl (C=O) groups is 5. The molecule has 0 fully saturated rings. The molecule has 0 aromatic heterocycles. The van der Waals surface area contributed by atoms with Gasteiger partial charge in [0.25, 0.3) is 17.7 Å². The summed E-state index contributed by atoms with van der Waals surface area (Å²) in [7, 11) is 1.27. The molecule has 13 heteroatoms. The Hall–Kier alpha value is -6.16. The third-order valence-corrected chi connectivity index (χ3v) is 7.59. The Balaban J connectivity index is 0.000000191. The molecule has 6 rings (SSSR count). The lowest BCUT2D eigenvalue weighted by atomic mass is 9.93. The van der Waals surface area contributed by atoms with Crippen LogP contribution in [-0.2, 0) is 19.1 Å². The second-order valence-corrected chi connectivity index (χ2v) is 10.9. The number of terminal acetylenes is 1. The van der Waals surface area contributed by atoms with Crippen LogP contribution >= 0.6 is 0 Å². The van der Waals surface area contributed by atoms with Gasteiger partial charge in [0.15, 0.2) is 12.4 Å². The Morgan fingerprint density at radius 2 is 1.56 bits per heavy atom. The van der Waals surface area contributed by atoms with Crippen LogP contribution in [0, 0.1) is 25.1 Å². The van der Waals surface area contributed by atoms with Gasteiger partial charge in [0.1, 0.15) is 11.5 Å². The van der Waals surface area contributed by atoms with E-state index in [4.69, 9.17) is 15.9 Å². The molecule has 5 amide bonds. The summed E-state index contributed by atoms with van der Waals surface area (Å²) in [5.74, 6) is 0.710. The molecular weight excluding hydrogens is 623 g/mol. The minimum atomic E-state index is -0.764. The highest BCUT2D eigenvalue weighted by molar-refractivity contribution is 6.33. The number of benzene rings is 3. The maximum atomic E-state index is 14.7. The average Bonchev–Trinajstić information content (AvgIpc) is 3.31. The van der Waals surface area contributed by atoms with Gasteiger partial charge in [-0.05, 0) is 68.5 Å². The highest BCUT2D eigenvalue weighted by atomic mass is 19.1. The van der Waals surface area contributed by atoms with Gasteiger partial charge in [0, 0.05) is 34.7 Å². The summed E-state index contributed by atoms with van der Waals surface area (Å²) in [5, 5.41) is 5.12. The van der Waals surface area contributed by atoms with Gasteiger partial charge >= 0.3 is 12.2 Å². The van der Waals surface area contributed by atoms with Crippen LogP contribution in [0.4, 0.5) is 36.7 Å². The van der Waals surface area contributed by atoms with Crippen LogP contribution < -0.4 is 29.9 Å². The summed E-state index contributed by atoms with van der Waals surface area (Å²) in [4.78, 5) is 62.5. The minimum Gasteiger partial charge on any atom is -0.481 e. The van der Waals surface area contributed by atoms with E-state index in [9.17, 15) is 28.4 Å². The fraction of sp³-hybridized carbons (Fsp3) is 0.229. The third-order valence-electron chi connectivity index (χ3n) is 7.59. The van der Waals surface area contributed by atoms with Gasteiger partial charge in [-0.15, -0.1) is 6.42 Å². The monoisotopic (exact) mass is 654 g/mol. The summed E-state index contributed by atoms with van der Waals surface area (Å²) < 4.78 is 29.6. The molecule has 0 saturated carbocycles. The van der Waals surface area contributed by atoms with Gasteiger partial charge in [-0.2, -0.15) is 0 Å². The first kappa shape index (κ1) is 33.2. The number of nitrogens with one attached hydrogen (secondary N) is 2. The van der Waals surface area contributed by atoms with Gasteiger partial charge in [0.2, 0.25) is 0 Å². The van der Waals surface area contributed by atoms with Crippen molar-refractivity contribution >= 4 is 52.7 Å². The summed E-state index contributed by atoms with van der Waals surface area (Å²) in [6.45, 7) is 1.67. The average molecular weight is 655 g/mol. The zero-order valence-electron chi connectivity index (χ0n) is 26.1. The van der Waals surface area contributed by atoms with Crippen LogP contribution in [0.5, 0.6) is 11.5 Å². The predicted octanol–water partition coefficient (Wildman–Crippen LogP) is 5.71. The maximum Gasteiger partial charge on any atom is 0.417 e. The molecule has 0 unspecified atom stereocenters. The van der Waals surface area contributed by atoms with Crippen LogP contribution in [0.2, 0.25) is 0 Å². The molecule has 48 heavy (non-hydrogen) atoms. The largest absolute Gasteiger partial charge is 0.481 e. The topological polar surface area (TPSA) is 144 Å². The number of aryl methyl sites for hydroxylation is 1. The first-order valence-electron chi connectivity index (χ1n) is 14.9. The summed E-state index contributed by atoms with van der Waals surface area (Å²) in [6, 6.07) is 16.2. The van der Waals surface area contributed by atoms with Crippen molar-refractivity contribution in [2.45, 2.75) is 32.6 Å². The van der Waals surface area contributed by atoms with E-state index >= 15 is 0 Å². The van der Waals surface area contributed by atoms with Gasteiger partial charge in [-0.1, -0.05) is 24.1 Å². The van der Waals surface area contributed by atoms with Crippen molar-refractivity contribution in [1.82, 2.24) is 0 Å². The van der Waals surface area contributed by atoms with E-state index in [2.05, 4.69) is 21.3 Å². The highest BCUT2D eigenvalue weighted by Crippen LogP contribution is 2.41. The van der Waals surface area contributed by atoms with E-state index in [1.54, 1.807) is 24.3 Å². The smallest absolute Gasteiger partial charge is 0.417 e. The fourth-order valence-corrected chi connectivity index (χ4v) is 5.38. The van der Waals surface area contributed by atoms with Crippen molar-refractivity contribution in [1.29, 1.82) is 0 Å². The lowest BCUT2D eigenvalue weighted by Crippen LogP contribution is -2.39. The minimum absolute atomic E-state index is 0.0170. The van der Waals surface area contributed by atoms with Crippen LogP contribution in [0.3, 0.4) is 0 Å². The highest BCUT2D eigenvalue weighted by Gasteiger charge is 2.41. The molecule has 0 bridgehead atoms. The Morgan fingerprint density at radius 1 is 0.917 bits per heavy atom. The SMILES string of the molecule is C#CCN1C(=O)COc2cc(F)c(N3C(=O)C4=C(CCCC4)C3=O)cc21.COC(=O)Nc1cccc(OC(=O)Nc2cccc(C)c2)c1. The zero-order chi connectivity index (χ0) is 34.4. The Bertz CT molecular complexity index is 1850. The quantitative estimate of drug-likeness (QED) is 0.263. The van der Waals surface area contributed by atoms with Crippen molar-refractivity contribution in [3.05, 3.63) is 83.2 Å². The number of hydrogen-bond acceptors (Lipinski definition) is 8. The van der Waals surface area contributed by atoms with E-state index in [1.165, 1.54) is 24.1 Å². The number of rotatable bonds is 5. The first-order valence-corrected chi connectivity index (χ1v) is 14.9. The number of fused-ring (bicyclic) bond motifs is 1.